The highest BCUT2D eigenvalue weighted by atomic mass is 19.1. The van der Waals surface area contributed by atoms with Crippen molar-refractivity contribution < 1.29 is 18.3 Å². The lowest BCUT2D eigenvalue weighted by Crippen LogP contribution is -2.10. The lowest BCUT2D eigenvalue weighted by Gasteiger charge is -2.16. The second-order valence-electron chi connectivity index (χ2n) is 10.8. The van der Waals surface area contributed by atoms with Gasteiger partial charge >= 0.3 is 5.97 Å². The van der Waals surface area contributed by atoms with Crippen molar-refractivity contribution in [3.63, 3.8) is 0 Å². The Bertz CT molecular complexity index is 1170. The first-order chi connectivity index (χ1) is 19.6. The van der Waals surface area contributed by atoms with E-state index in [1.54, 1.807) is 12.1 Å². The summed E-state index contributed by atoms with van der Waals surface area (Å²) in [6, 6.07) is 17.5. The molecule has 0 unspecified atom stereocenters. The molecular weight excluding hydrogens is 502 g/mol. The molecule has 4 heteroatoms. The zero-order valence-corrected chi connectivity index (χ0v) is 24.5. The first kappa shape index (κ1) is 31.5. The molecule has 0 saturated carbocycles. The Morgan fingerprint density at radius 1 is 0.675 bits per heavy atom. The van der Waals surface area contributed by atoms with Gasteiger partial charge < -0.3 is 4.74 Å². The average Bonchev–Trinajstić information content (AvgIpc) is 2.97. The van der Waals surface area contributed by atoms with Crippen LogP contribution < -0.4 is 0 Å². The summed E-state index contributed by atoms with van der Waals surface area (Å²) < 4.78 is 37.0. The maximum Gasteiger partial charge on any atom is 0.341 e. The fraction of sp³-hybridized carbons (Fsp3) is 0.472. The topological polar surface area (TPSA) is 26.3 Å². The van der Waals surface area contributed by atoms with Gasteiger partial charge in [-0.1, -0.05) is 133 Å². The van der Waals surface area contributed by atoms with Crippen LogP contribution in [0.3, 0.4) is 0 Å². The minimum Gasteiger partial charge on any atom is -0.462 e. The monoisotopic (exact) mass is 548 g/mol. The average molecular weight is 549 g/mol. The predicted octanol–water partition coefficient (Wildman–Crippen LogP) is 11.1. The van der Waals surface area contributed by atoms with Gasteiger partial charge in [0.2, 0.25) is 0 Å². The number of hydrogen-bond donors (Lipinski definition) is 0. The molecule has 3 rings (SSSR count). The van der Waals surface area contributed by atoms with E-state index >= 15 is 8.78 Å². The van der Waals surface area contributed by atoms with Crippen LogP contribution in [-0.2, 0) is 11.2 Å². The molecule has 0 spiro atoms. The van der Waals surface area contributed by atoms with Gasteiger partial charge in [-0.05, 0) is 48.1 Å². The zero-order valence-electron chi connectivity index (χ0n) is 24.5. The summed E-state index contributed by atoms with van der Waals surface area (Å²) in [5, 5.41) is 0. The number of benzene rings is 3. The van der Waals surface area contributed by atoms with Crippen LogP contribution in [0.1, 0.15) is 113 Å². The molecule has 3 aromatic rings. The second kappa shape index (κ2) is 17.6. The summed E-state index contributed by atoms with van der Waals surface area (Å²) in [5.74, 6) is -1.93. The molecule has 0 N–H and O–H groups in total. The molecule has 0 aliphatic rings. The molecule has 40 heavy (non-hydrogen) atoms. The molecule has 0 atom stereocenters. The molecule has 0 aliphatic carbocycles. The Morgan fingerprint density at radius 2 is 1.27 bits per heavy atom. The summed E-state index contributed by atoms with van der Waals surface area (Å²) in [6.45, 7) is 4.62. The van der Waals surface area contributed by atoms with Crippen LogP contribution in [0, 0.1) is 11.6 Å². The van der Waals surface area contributed by atoms with Gasteiger partial charge in [0, 0.05) is 11.1 Å². The van der Waals surface area contributed by atoms with Crippen molar-refractivity contribution in [1.29, 1.82) is 0 Å². The van der Waals surface area contributed by atoms with Crippen LogP contribution in [-0.4, -0.2) is 12.6 Å². The normalized spacial score (nSPS) is 11.1. The SMILES string of the molecule is CCCCCCCCCCc1ccc(-c2c(-c3ccccc3)ccc(C(=O)OCCCCCCC)c2F)c(F)c1. The minimum absolute atomic E-state index is 0.0970. The number of halogens is 2. The summed E-state index contributed by atoms with van der Waals surface area (Å²) in [7, 11) is 0. The molecule has 0 aromatic heterocycles. The number of unbranched alkanes of at least 4 members (excludes halogenated alkanes) is 11. The van der Waals surface area contributed by atoms with Crippen LogP contribution in [0.5, 0.6) is 0 Å². The highest BCUT2D eigenvalue weighted by Crippen LogP contribution is 2.37. The molecular formula is C36H46F2O2. The highest BCUT2D eigenvalue weighted by molar-refractivity contribution is 5.95. The predicted molar refractivity (Wildman–Crippen MR) is 163 cm³/mol. The van der Waals surface area contributed by atoms with Crippen LogP contribution in [0.4, 0.5) is 8.78 Å². The maximum absolute atomic E-state index is 16.0. The standard InChI is InChI=1S/C36H46F2O2/c1-3-5-7-9-10-11-12-15-19-28-22-23-31(33(37)27-28)34-30(29-20-16-14-17-21-29)24-25-32(35(34)38)36(39)40-26-18-13-8-6-4-2/h14,16-17,20-25,27H,3-13,15,18-19,26H2,1-2H3. The van der Waals surface area contributed by atoms with Crippen LogP contribution in [0.2, 0.25) is 0 Å². The fourth-order valence-electron chi connectivity index (χ4n) is 5.18. The smallest absolute Gasteiger partial charge is 0.341 e. The van der Waals surface area contributed by atoms with Gasteiger partial charge in [0.1, 0.15) is 11.6 Å². The van der Waals surface area contributed by atoms with Gasteiger partial charge in [-0.2, -0.15) is 0 Å². The van der Waals surface area contributed by atoms with Crippen molar-refractivity contribution in [2.75, 3.05) is 6.61 Å². The highest BCUT2D eigenvalue weighted by Gasteiger charge is 2.23. The van der Waals surface area contributed by atoms with Crippen LogP contribution in [0.25, 0.3) is 22.3 Å². The summed E-state index contributed by atoms with van der Waals surface area (Å²) in [6.07, 6.45) is 15.7. The summed E-state index contributed by atoms with van der Waals surface area (Å²) in [4.78, 5) is 12.8. The number of rotatable bonds is 18. The van der Waals surface area contributed by atoms with Crippen molar-refractivity contribution in [2.24, 2.45) is 0 Å². The third-order valence-corrected chi connectivity index (χ3v) is 7.55. The number of esters is 1. The number of carbonyl (C=O) groups excluding carboxylic acids is 1. The van der Waals surface area contributed by atoms with Gasteiger partial charge in [-0.3, -0.25) is 0 Å². The number of aryl methyl sites for hydroxylation is 1. The fourth-order valence-corrected chi connectivity index (χ4v) is 5.18. The van der Waals surface area contributed by atoms with Crippen molar-refractivity contribution in [2.45, 2.75) is 104 Å². The van der Waals surface area contributed by atoms with E-state index in [0.717, 1.165) is 62.5 Å². The van der Waals surface area contributed by atoms with Crippen LogP contribution in [0.15, 0.2) is 60.7 Å². The molecule has 2 nitrogen and oxygen atoms in total. The van der Waals surface area contributed by atoms with E-state index in [1.165, 1.54) is 50.7 Å². The van der Waals surface area contributed by atoms with Crippen LogP contribution >= 0.6 is 0 Å². The van der Waals surface area contributed by atoms with E-state index < -0.39 is 17.6 Å². The van der Waals surface area contributed by atoms with Gasteiger partial charge in [-0.25, -0.2) is 13.6 Å². The van der Waals surface area contributed by atoms with Gasteiger partial charge in [-0.15, -0.1) is 0 Å². The van der Waals surface area contributed by atoms with E-state index in [1.807, 2.05) is 36.4 Å². The molecule has 0 fully saturated rings. The second-order valence-corrected chi connectivity index (χ2v) is 10.8. The molecule has 0 radical (unpaired) electrons. The van der Waals surface area contributed by atoms with Crippen molar-refractivity contribution in [3.05, 3.63) is 83.4 Å². The van der Waals surface area contributed by atoms with Gasteiger partial charge in [0.25, 0.3) is 0 Å². The Kier molecular flexibility index (Phi) is 13.9. The van der Waals surface area contributed by atoms with E-state index in [0.29, 0.717) is 5.56 Å². The first-order valence-corrected chi connectivity index (χ1v) is 15.4. The van der Waals surface area contributed by atoms with E-state index in [2.05, 4.69) is 13.8 Å². The number of hydrogen-bond acceptors (Lipinski definition) is 2. The molecule has 0 aliphatic heterocycles. The van der Waals surface area contributed by atoms with E-state index in [4.69, 9.17) is 4.74 Å². The quantitative estimate of drug-likeness (QED) is 0.117. The molecule has 0 heterocycles. The minimum atomic E-state index is -0.743. The third-order valence-electron chi connectivity index (χ3n) is 7.55. The van der Waals surface area contributed by atoms with E-state index in [9.17, 15) is 4.79 Å². The van der Waals surface area contributed by atoms with Crippen molar-refractivity contribution in [1.82, 2.24) is 0 Å². The Morgan fingerprint density at radius 3 is 1.93 bits per heavy atom. The lowest BCUT2D eigenvalue weighted by atomic mass is 9.91. The zero-order chi connectivity index (χ0) is 28.6. The number of carbonyl (C=O) groups is 1. The molecule has 0 amide bonds. The molecule has 216 valence electrons. The number of ether oxygens (including phenoxy) is 1. The third kappa shape index (κ3) is 9.57. The van der Waals surface area contributed by atoms with E-state index in [-0.39, 0.29) is 23.3 Å². The van der Waals surface area contributed by atoms with Gasteiger partial charge in [0.05, 0.1) is 12.2 Å². The van der Waals surface area contributed by atoms with Crippen molar-refractivity contribution >= 4 is 5.97 Å². The summed E-state index contributed by atoms with van der Waals surface area (Å²) in [5.41, 5.74) is 2.31. The Labute approximate surface area is 240 Å². The Balaban J connectivity index is 1.76. The van der Waals surface area contributed by atoms with Crippen molar-refractivity contribution in [3.8, 4) is 22.3 Å². The molecule has 3 aromatic carbocycles. The lowest BCUT2D eigenvalue weighted by molar-refractivity contribution is 0.0492. The maximum atomic E-state index is 16.0. The molecule has 0 saturated heterocycles. The largest absolute Gasteiger partial charge is 0.462 e. The molecule has 0 bridgehead atoms. The Hall–Kier alpha value is -3.01. The first-order valence-electron chi connectivity index (χ1n) is 15.4. The summed E-state index contributed by atoms with van der Waals surface area (Å²) >= 11 is 0. The van der Waals surface area contributed by atoms with Gasteiger partial charge in [0.15, 0.2) is 0 Å².